The molecule has 0 atom stereocenters. The molecule has 0 saturated carbocycles. The largest absolute Gasteiger partial charge is 0.493 e. The molecule has 0 aliphatic heterocycles. The zero-order valence-corrected chi connectivity index (χ0v) is 10.4. The predicted molar refractivity (Wildman–Crippen MR) is 65.9 cm³/mol. The van der Waals surface area contributed by atoms with Gasteiger partial charge in [-0.25, -0.2) is 0 Å². The van der Waals surface area contributed by atoms with Gasteiger partial charge in [-0.05, 0) is 12.1 Å². The van der Waals surface area contributed by atoms with Crippen LogP contribution >= 0.6 is 0 Å². The van der Waals surface area contributed by atoms with Crippen LogP contribution in [0.5, 0.6) is 11.5 Å². The van der Waals surface area contributed by atoms with E-state index in [0.717, 1.165) is 5.69 Å². The lowest BCUT2D eigenvalue weighted by Crippen LogP contribution is -2.37. The Morgan fingerprint density at radius 2 is 1.71 bits per heavy atom. The van der Waals surface area contributed by atoms with Crippen molar-refractivity contribution in [1.82, 2.24) is 0 Å². The molecule has 17 heavy (non-hydrogen) atoms. The number of likely N-dealkylation sites (N-methyl/N-ethyl adjacent to an activating group) is 1. The van der Waals surface area contributed by atoms with E-state index in [9.17, 15) is 0 Å². The quantitative estimate of drug-likeness (QED) is 0.759. The van der Waals surface area contributed by atoms with Crippen LogP contribution in [0.1, 0.15) is 0 Å². The van der Waals surface area contributed by atoms with Gasteiger partial charge in [-0.15, -0.1) is 0 Å². The number of aliphatic hydroxyl groups is 2. The molecule has 5 nitrogen and oxygen atoms in total. The van der Waals surface area contributed by atoms with Crippen molar-refractivity contribution in [3.63, 3.8) is 0 Å². The SMILES string of the molecule is COc1ccc(N(C)C(CO)CO)cc1OC. The van der Waals surface area contributed by atoms with Gasteiger partial charge in [0.25, 0.3) is 0 Å². The van der Waals surface area contributed by atoms with Gasteiger partial charge in [0.2, 0.25) is 0 Å². The summed E-state index contributed by atoms with van der Waals surface area (Å²) in [6.07, 6.45) is 0. The third-order valence-electron chi connectivity index (χ3n) is 2.74. The molecule has 1 aromatic carbocycles. The lowest BCUT2D eigenvalue weighted by molar-refractivity contribution is 0.190. The van der Waals surface area contributed by atoms with Gasteiger partial charge in [-0.2, -0.15) is 0 Å². The molecule has 0 aliphatic carbocycles. The summed E-state index contributed by atoms with van der Waals surface area (Å²) >= 11 is 0. The number of nitrogens with zero attached hydrogens (tertiary/aromatic N) is 1. The van der Waals surface area contributed by atoms with Crippen LogP contribution in [0.2, 0.25) is 0 Å². The highest BCUT2D eigenvalue weighted by molar-refractivity contribution is 5.56. The van der Waals surface area contributed by atoms with E-state index < -0.39 is 0 Å². The molecule has 96 valence electrons. The molecule has 0 aliphatic rings. The maximum atomic E-state index is 9.13. The van der Waals surface area contributed by atoms with Crippen molar-refractivity contribution in [3.05, 3.63) is 18.2 Å². The fourth-order valence-corrected chi connectivity index (χ4v) is 1.56. The monoisotopic (exact) mass is 241 g/mol. The van der Waals surface area contributed by atoms with Crippen molar-refractivity contribution >= 4 is 5.69 Å². The molecule has 5 heteroatoms. The van der Waals surface area contributed by atoms with E-state index in [-0.39, 0.29) is 19.3 Å². The van der Waals surface area contributed by atoms with Crippen molar-refractivity contribution in [2.45, 2.75) is 6.04 Å². The Hall–Kier alpha value is -1.46. The van der Waals surface area contributed by atoms with Crippen LogP contribution in [0.3, 0.4) is 0 Å². The number of anilines is 1. The first-order chi connectivity index (χ1) is 8.17. The molecular formula is C12H19NO4. The number of aliphatic hydroxyl groups excluding tert-OH is 2. The molecule has 0 fully saturated rings. The van der Waals surface area contributed by atoms with Crippen LogP contribution in [0, 0.1) is 0 Å². The molecule has 0 amide bonds. The summed E-state index contributed by atoms with van der Waals surface area (Å²) in [5.74, 6) is 1.26. The number of hydrogen-bond acceptors (Lipinski definition) is 5. The van der Waals surface area contributed by atoms with Crippen molar-refractivity contribution in [1.29, 1.82) is 0 Å². The third kappa shape index (κ3) is 3.01. The molecule has 0 aromatic heterocycles. The van der Waals surface area contributed by atoms with Crippen molar-refractivity contribution in [2.75, 3.05) is 39.4 Å². The van der Waals surface area contributed by atoms with Crippen LogP contribution in [0.15, 0.2) is 18.2 Å². The van der Waals surface area contributed by atoms with Gasteiger partial charge >= 0.3 is 0 Å². The van der Waals surface area contributed by atoms with E-state index >= 15 is 0 Å². The Morgan fingerprint density at radius 1 is 1.12 bits per heavy atom. The number of hydrogen-bond donors (Lipinski definition) is 2. The van der Waals surface area contributed by atoms with Gasteiger partial charge in [0.15, 0.2) is 11.5 Å². The lowest BCUT2D eigenvalue weighted by Gasteiger charge is -2.27. The maximum absolute atomic E-state index is 9.13. The Labute approximate surface area is 101 Å². The van der Waals surface area contributed by atoms with Gasteiger partial charge in [0.05, 0.1) is 33.5 Å². The van der Waals surface area contributed by atoms with Crippen LogP contribution in [0.4, 0.5) is 5.69 Å². The minimum atomic E-state index is -0.326. The minimum Gasteiger partial charge on any atom is -0.493 e. The topological polar surface area (TPSA) is 62.2 Å². The van der Waals surface area contributed by atoms with E-state index in [1.165, 1.54) is 0 Å². The van der Waals surface area contributed by atoms with E-state index in [0.29, 0.717) is 11.5 Å². The summed E-state index contributed by atoms with van der Waals surface area (Å²) in [6.45, 7) is -0.220. The first kappa shape index (κ1) is 13.6. The highest BCUT2D eigenvalue weighted by atomic mass is 16.5. The summed E-state index contributed by atoms with van der Waals surface area (Å²) in [5.41, 5.74) is 0.843. The Morgan fingerprint density at radius 3 is 2.18 bits per heavy atom. The van der Waals surface area contributed by atoms with Crippen LogP contribution in [-0.2, 0) is 0 Å². The van der Waals surface area contributed by atoms with E-state index in [4.69, 9.17) is 19.7 Å². The van der Waals surface area contributed by atoms with Gasteiger partial charge < -0.3 is 24.6 Å². The van der Waals surface area contributed by atoms with Crippen molar-refractivity contribution < 1.29 is 19.7 Å². The second-order valence-corrected chi connectivity index (χ2v) is 3.67. The number of ether oxygens (including phenoxy) is 2. The Balaban J connectivity index is 2.98. The molecule has 0 unspecified atom stereocenters. The number of rotatable bonds is 6. The molecule has 0 bridgehead atoms. The summed E-state index contributed by atoms with van der Waals surface area (Å²) in [6, 6.07) is 5.11. The smallest absolute Gasteiger partial charge is 0.162 e. The molecular weight excluding hydrogens is 222 g/mol. The zero-order chi connectivity index (χ0) is 12.8. The second-order valence-electron chi connectivity index (χ2n) is 3.67. The predicted octanol–water partition coefficient (Wildman–Crippen LogP) is 0.493. The molecule has 0 saturated heterocycles. The summed E-state index contributed by atoms with van der Waals surface area (Å²) in [5, 5.41) is 18.3. The molecule has 1 rings (SSSR count). The average Bonchev–Trinajstić information content (AvgIpc) is 2.39. The van der Waals surface area contributed by atoms with Crippen molar-refractivity contribution in [3.8, 4) is 11.5 Å². The van der Waals surface area contributed by atoms with E-state index in [1.54, 1.807) is 38.3 Å². The molecule has 0 heterocycles. The van der Waals surface area contributed by atoms with Crippen LogP contribution in [0.25, 0.3) is 0 Å². The lowest BCUT2D eigenvalue weighted by atomic mass is 10.2. The number of methoxy groups -OCH3 is 2. The van der Waals surface area contributed by atoms with Gasteiger partial charge in [-0.3, -0.25) is 0 Å². The van der Waals surface area contributed by atoms with E-state index in [2.05, 4.69) is 0 Å². The minimum absolute atomic E-state index is 0.110. The summed E-state index contributed by atoms with van der Waals surface area (Å²) in [7, 11) is 4.95. The first-order valence-corrected chi connectivity index (χ1v) is 5.34. The van der Waals surface area contributed by atoms with E-state index in [1.807, 2.05) is 6.07 Å². The summed E-state index contributed by atoms with van der Waals surface area (Å²) in [4.78, 5) is 1.79. The van der Waals surface area contributed by atoms with Crippen LogP contribution in [-0.4, -0.2) is 50.7 Å². The average molecular weight is 241 g/mol. The molecule has 1 aromatic rings. The standard InChI is InChI=1S/C12H19NO4/c1-13(10(7-14)8-15)9-4-5-11(16-2)12(6-9)17-3/h4-6,10,14-15H,7-8H2,1-3H3. The Bertz CT molecular complexity index is 352. The van der Waals surface area contributed by atoms with Gasteiger partial charge in [0, 0.05) is 18.8 Å². The summed E-state index contributed by atoms with van der Waals surface area (Å²) < 4.78 is 10.3. The highest BCUT2D eigenvalue weighted by Crippen LogP contribution is 2.31. The van der Waals surface area contributed by atoms with Crippen molar-refractivity contribution in [2.24, 2.45) is 0 Å². The second kappa shape index (κ2) is 6.32. The zero-order valence-electron chi connectivity index (χ0n) is 10.4. The number of benzene rings is 1. The normalized spacial score (nSPS) is 10.5. The van der Waals surface area contributed by atoms with Gasteiger partial charge in [0.1, 0.15) is 0 Å². The molecule has 2 N–H and O–H groups in total. The third-order valence-corrected chi connectivity index (χ3v) is 2.74. The maximum Gasteiger partial charge on any atom is 0.162 e. The highest BCUT2D eigenvalue weighted by Gasteiger charge is 2.15. The van der Waals surface area contributed by atoms with Gasteiger partial charge in [-0.1, -0.05) is 0 Å². The molecule has 0 spiro atoms. The van der Waals surface area contributed by atoms with Crippen LogP contribution < -0.4 is 14.4 Å². The fourth-order valence-electron chi connectivity index (χ4n) is 1.56. The molecule has 0 radical (unpaired) electrons. The first-order valence-electron chi connectivity index (χ1n) is 5.34. The Kier molecular flexibility index (Phi) is 5.06. The fraction of sp³-hybridized carbons (Fsp3) is 0.500.